The van der Waals surface area contributed by atoms with E-state index in [4.69, 9.17) is 0 Å². The van der Waals surface area contributed by atoms with Crippen molar-refractivity contribution in [1.82, 2.24) is 0 Å². The Morgan fingerprint density at radius 1 is 1.19 bits per heavy atom. The average Bonchev–Trinajstić information content (AvgIpc) is 2.48. The van der Waals surface area contributed by atoms with Gasteiger partial charge in [-0.15, -0.1) is 0 Å². The van der Waals surface area contributed by atoms with E-state index in [9.17, 15) is 4.79 Å². The summed E-state index contributed by atoms with van der Waals surface area (Å²) in [6, 6.07) is 15.9. The molecule has 0 saturated carbocycles. The summed E-state index contributed by atoms with van der Waals surface area (Å²) in [5, 5.41) is 3.03. The molecule has 0 aliphatic rings. The van der Waals surface area contributed by atoms with E-state index in [-0.39, 0.29) is 11.8 Å². The van der Waals surface area contributed by atoms with Crippen molar-refractivity contribution in [2.24, 2.45) is 0 Å². The monoisotopic (exact) mass is 345 g/mol. The second kappa shape index (κ2) is 7.41. The third-order valence-electron chi connectivity index (χ3n) is 3.48. The molecule has 110 valence electrons. The van der Waals surface area contributed by atoms with Crippen LogP contribution in [0.15, 0.2) is 53.0 Å². The van der Waals surface area contributed by atoms with Crippen LogP contribution >= 0.6 is 15.9 Å². The lowest BCUT2D eigenvalue weighted by Gasteiger charge is -2.17. The minimum atomic E-state index is -0.107. The van der Waals surface area contributed by atoms with Gasteiger partial charge >= 0.3 is 0 Å². The van der Waals surface area contributed by atoms with Crippen molar-refractivity contribution in [3.05, 3.63) is 64.1 Å². The molecule has 0 aliphatic heterocycles. The molecule has 0 fully saturated rings. The van der Waals surface area contributed by atoms with Gasteiger partial charge in [-0.05, 0) is 52.5 Å². The molecule has 2 aromatic rings. The molecule has 0 bridgehead atoms. The number of nitrogens with one attached hydrogen (secondary N) is 1. The van der Waals surface area contributed by atoms with E-state index in [0.717, 1.165) is 34.1 Å². The number of benzene rings is 2. The highest BCUT2D eigenvalue weighted by Crippen LogP contribution is 2.27. The summed E-state index contributed by atoms with van der Waals surface area (Å²) in [4.78, 5) is 12.6. The van der Waals surface area contributed by atoms with Crippen molar-refractivity contribution in [3.8, 4) is 0 Å². The topological polar surface area (TPSA) is 29.1 Å². The zero-order valence-electron chi connectivity index (χ0n) is 12.4. The molecule has 21 heavy (non-hydrogen) atoms. The molecule has 3 heteroatoms. The Morgan fingerprint density at radius 2 is 1.90 bits per heavy atom. The number of halogens is 1. The van der Waals surface area contributed by atoms with Gasteiger partial charge in [0.2, 0.25) is 5.91 Å². The molecule has 0 saturated heterocycles. The van der Waals surface area contributed by atoms with Crippen molar-refractivity contribution in [1.29, 1.82) is 0 Å². The number of amides is 1. The molecule has 1 atom stereocenters. The number of hydrogen-bond acceptors (Lipinski definition) is 1. The van der Waals surface area contributed by atoms with E-state index >= 15 is 0 Å². The Bertz CT molecular complexity index is 610. The Morgan fingerprint density at radius 3 is 2.52 bits per heavy atom. The van der Waals surface area contributed by atoms with Gasteiger partial charge in [0.1, 0.15) is 0 Å². The third-order valence-corrected chi connectivity index (χ3v) is 4.13. The minimum absolute atomic E-state index is 0.0487. The molecular formula is C18H20BrNO. The molecular weight excluding hydrogens is 326 g/mol. The molecule has 1 amide bonds. The highest BCUT2D eigenvalue weighted by molar-refractivity contribution is 9.10. The maximum absolute atomic E-state index is 12.6. The lowest BCUT2D eigenvalue weighted by Crippen LogP contribution is -2.21. The summed E-state index contributed by atoms with van der Waals surface area (Å²) in [6.45, 7) is 4.13. The first-order valence-electron chi connectivity index (χ1n) is 7.23. The molecule has 2 aromatic carbocycles. The van der Waals surface area contributed by atoms with Crippen LogP contribution in [0.1, 0.15) is 36.8 Å². The second-order valence-electron chi connectivity index (χ2n) is 5.22. The van der Waals surface area contributed by atoms with Gasteiger partial charge in [-0.1, -0.05) is 49.7 Å². The van der Waals surface area contributed by atoms with E-state index in [1.807, 2.05) is 55.5 Å². The summed E-state index contributed by atoms with van der Waals surface area (Å²) in [7, 11) is 0. The van der Waals surface area contributed by atoms with Crippen LogP contribution in [0.4, 0.5) is 5.69 Å². The third kappa shape index (κ3) is 4.18. The number of rotatable bonds is 5. The molecule has 0 aliphatic carbocycles. The zero-order valence-corrected chi connectivity index (χ0v) is 14.0. The molecule has 0 aromatic heterocycles. The first-order valence-corrected chi connectivity index (χ1v) is 8.03. The normalized spacial score (nSPS) is 12.0. The van der Waals surface area contributed by atoms with Gasteiger partial charge in [-0.3, -0.25) is 4.79 Å². The molecule has 2 rings (SSSR count). The van der Waals surface area contributed by atoms with Crippen LogP contribution < -0.4 is 5.32 Å². The largest absolute Gasteiger partial charge is 0.325 e. The Labute approximate surface area is 134 Å². The summed E-state index contributed by atoms with van der Waals surface area (Å²) in [5.74, 6) is -0.0583. The number of anilines is 1. The fraction of sp³-hybridized carbons (Fsp3) is 0.278. The smallest absolute Gasteiger partial charge is 0.231 e. The lowest BCUT2D eigenvalue weighted by atomic mass is 9.93. The van der Waals surface area contributed by atoms with Crippen molar-refractivity contribution in [3.63, 3.8) is 0 Å². The first-order chi connectivity index (χ1) is 10.1. The molecule has 0 spiro atoms. The molecule has 0 heterocycles. The zero-order chi connectivity index (χ0) is 15.2. The van der Waals surface area contributed by atoms with Gasteiger partial charge < -0.3 is 5.32 Å². The highest BCUT2D eigenvalue weighted by atomic mass is 79.9. The predicted molar refractivity (Wildman–Crippen MR) is 91.6 cm³/mol. The lowest BCUT2D eigenvalue weighted by molar-refractivity contribution is -0.117. The molecule has 2 nitrogen and oxygen atoms in total. The molecule has 0 radical (unpaired) electrons. The molecule has 1 N–H and O–H groups in total. The maximum Gasteiger partial charge on any atom is 0.231 e. The van der Waals surface area contributed by atoms with Crippen LogP contribution in [0.2, 0.25) is 0 Å². The number of carbonyl (C=O) groups excluding carboxylic acids is 1. The van der Waals surface area contributed by atoms with E-state index in [0.29, 0.717) is 0 Å². The summed E-state index contributed by atoms with van der Waals surface area (Å²) >= 11 is 3.51. The predicted octanol–water partition coefficient (Wildman–Crippen LogP) is 5.28. The number of carbonyl (C=O) groups is 1. The van der Waals surface area contributed by atoms with Crippen LogP contribution in [0.5, 0.6) is 0 Å². The van der Waals surface area contributed by atoms with Crippen molar-refractivity contribution >= 4 is 27.5 Å². The summed E-state index contributed by atoms with van der Waals surface area (Å²) in [6.07, 6.45) is 1.82. The van der Waals surface area contributed by atoms with Crippen LogP contribution in [-0.2, 0) is 4.79 Å². The Kier molecular flexibility index (Phi) is 5.57. The van der Waals surface area contributed by atoms with E-state index in [1.165, 1.54) is 0 Å². The fourth-order valence-corrected chi connectivity index (χ4v) is 2.96. The number of hydrogen-bond donors (Lipinski definition) is 1. The van der Waals surface area contributed by atoms with Crippen molar-refractivity contribution in [2.45, 2.75) is 32.6 Å². The minimum Gasteiger partial charge on any atom is -0.325 e. The van der Waals surface area contributed by atoms with Gasteiger partial charge in [0, 0.05) is 4.47 Å². The quantitative estimate of drug-likeness (QED) is 0.784. The molecule has 1 unspecified atom stereocenters. The van der Waals surface area contributed by atoms with Crippen molar-refractivity contribution in [2.75, 3.05) is 5.32 Å². The average molecular weight is 346 g/mol. The first kappa shape index (κ1) is 15.8. The fourth-order valence-electron chi connectivity index (χ4n) is 2.36. The summed E-state index contributed by atoms with van der Waals surface area (Å²) < 4.78 is 0.916. The van der Waals surface area contributed by atoms with Gasteiger partial charge in [-0.2, -0.15) is 0 Å². The highest BCUT2D eigenvalue weighted by Gasteiger charge is 2.20. The van der Waals surface area contributed by atoms with E-state index < -0.39 is 0 Å². The Balaban J connectivity index is 2.19. The van der Waals surface area contributed by atoms with E-state index in [2.05, 4.69) is 28.2 Å². The van der Waals surface area contributed by atoms with E-state index in [1.54, 1.807) is 0 Å². The van der Waals surface area contributed by atoms with Gasteiger partial charge in [-0.25, -0.2) is 0 Å². The van der Waals surface area contributed by atoms with Gasteiger partial charge in [0.05, 0.1) is 11.6 Å². The van der Waals surface area contributed by atoms with Crippen LogP contribution in [0, 0.1) is 6.92 Å². The number of aryl methyl sites for hydroxylation is 1. The maximum atomic E-state index is 12.6. The standard InChI is InChI=1S/C18H20BrNO/c1-3-7-15(14-8-5-4-6-9-14)18(21)20-17-11-10-13(2)12-16(17)19/h4-6,8-12,15H,3,7H2,1-2H3,(H,20,21). The van der Waals surface area contributed by atoms with Crippen LogP contribution in [0.25, 0.3) is 0 Å². The second-order valence-corrected chi connectivity index (χ2v) is 6.08. The van der Waals surface area contributed by atoms with Gasteiger partial charge in [0.25, 0.3) is 0 Å². The summed E-state index contributed by atoms with van der Waals surface area (Å²) in [5.41, 5.74) is 3.05. The van der Waals surface area contributed by atoms with Crippen LogP contribution in [0.3, 0.4) is 0 Å². The van der Waals surface area contributed by atoms with Crippen LogP contribution in [-0.4, -0.2) is 5.91 Å². The Hall–Kier alpha value is -1.61. The SMILES string of the molecule is CCCC(C(=O)Nc1ccc(C)cc1Br)c1ccccc1. The van der Waals surface area contributed by atoms with Crippen molar-refractivity contribution < 1.29 is 4.79 Å². The van der Waals surface area contributed by atoms with Gasteiger partial charge in [0.15, 0.2) is 0 Å².